The van der Waals surface area contributed by atoms with Crippen molar-refractivity contribution in [1.29, 1.82) is 0 Å². The standard InChI is InChI=1S/C32H30BClF2N6O11/c34-23-18(11-20(36)25(44)26(23)45)24(28(46)38-21-10-14-1-2-19(35)22(30(48)49)27(14)53-33(21)52)39-31(50)42-8-7-41(32(42)51)16-3-5-40(6-4-16)29(47)15-9-17(43)13-37-12-15/h1-2,9,11-13,16,21,24,43-45,52H,3-8,10H2,(H,38,46)(H,39,50)(H,48,49)/t21-,24?/m0/s1. The number of imide groups is 1. The summed E-state index contributed by atoms with van der Waals surface area (Å²) in [5, 5.41) is 53.8. The van der Waals surface area contributed by atoms with Crippen LogP contribution in [0, 0.1) is 11.6 Å². The van der Waals surface area contributed by atoms with Crippen LogP contribution in [-0.2, 0) is 11.2 Å². The molecule has 4 heterocycles. The predicted octanol–water partition coefficient (Wildman–Crippen LogP) is 1.76. The van der Waals surface area contributed by atoms with Crippen molar-refractivity contribution in [2.24, 2.45) is 0 Å². The highest BCUT2D eigenvalue weighted by molar-refractivity contribution is 6.47. The summed E-state index contributed by atoms with van der Waals surface area (Å²) < 4.78 is 34.1. The van der Waals surface area contributed by atoms with Crippen molar-refractivity contribution in [1.82, 2.24) is 30.3 Å². The largest absolute Gasteiger partial charge is 0.547 e. The Kier molecular flexibility index (Phi) is 10.2. The maximum atomic E-state index is 14.7. The van der Waals surface area contributed by atoms with Gasteiger partial charge in [0.05, 0.1) is 22.7 Å². The summed E-state index contributed by atoms with van der Waals surface area (Å²) in [5.41, 5.74) is -1.09. The SMILES string of the molecule is O=C(O)c1c(F)ccc2c1OB(O)[C@@H](NC(=O)C(NC(=O)N1CCN(C3CCN(C(=O)c4cncc(O)c4)CC3)C1=O)c1cc(F)c(O)c(O)c1Cl)C2. The highest BCUT2D eigenvalue weighted by Gasteiger charge is 2.43. The summed E-state index contributed by atoms with van der Waals surface area (Å²) in [4.78, 5) is 72.9. The topological polar surface area (TPSA) is 242 Å². The number of pyridine rings is 1. The number of carbonyl (C=O) groups is 5. The van der Waals surface area contributed by atoms with E-state index in [1.165, 1.54) is 29.4 Å². The van der Waals surface area contributed by atoms with Crippen LogP contribution in [0.4, 0.5) is 18.4 Å². The van der Waals surface area contributed by atoms with E-state index in [4.69, 9.17) is 16.3 Å². The molecule has 53 heavy (non-hydrogen) atoms. The molecule has 2 fully saturated rings. The fourth-order valence-electron chi connectivity index (χ4n) is 6.53. The van der Waals surface area contributed by atoms with E-state index in [0.717, 1.165) is 11.0 Å². The number of nitrogens with zero attached hydrogens (tertiary/aromatic N) is 4. The van der Waals surface area contributed by atoms with Crippen LogP contribution in [0.15, 0.2) is 36.7 Å². The summed E-state index contributed by atoms with van der Waals surface area (Å²) in [5.74, 6) is -10.1. The number of nitrogens with one attached hydrogen (secondary N) is 2. The lowest BCUT2D eigenvalue weighted by Gasteiger charge is -2.36. The molecule has 3 aromatic rings. The zero-order valence-corrected chi connectivity index (χ0v) is 28.1. The van der Waals surface area contributed by atoms with Gasteiger partial charge in [0, 0.05) is 44.0 Å². The average molecular weight is 759 g/mol. The number of carboxylic acids is 1. The lowest BCUT2D eigenvalue weighted by molar-refractivity contribution is -0.123. The second-order valence-electron chi connectivity index (χ2n) is 12.5. The number of piperidine rings is 1. The van der Waals surface area contributed by atoms with E-state index in [0.29, 0.717) is 18.9 Å². The van der Waals surface area contributed by atoms with Gasteiger partial charge < -0.3 is 50.5 Å². The van der Waals surface area contributed by atoms with Crippen LogP contribution in [0.5, 0.6) is 23.0 Å². The molecule has 2 atom stereocenters. The number of aromatic hydroxyl groups is 3. The molecular weight excluding hydrogens is 729 g/mol. The number of rotatable bonds is 7. The molecule has 0 aliphatic carbocycles. The third-order valence-electron chi connectivity index (χ3n) is 9.24. The van der Waals surface area contributed by atoms with Gasteiger partial charge in [0.1, 0.15) is 28.9 Å². The number of hydrogen-bond donors (Lipinski definition) is 7. The van der Waals surface area contributed by atoms with Gasteiger partial charge in [0.2, 0.25) is 5.91 Å². The monoisotopic (exact) mass is 758 g/mol. The number of halogens is 3. The molecule has 1 unspecified atom stereocenters. The summed E-state index contributed by atoms with van der Waals surface area (Å²) in [6, 6.07) is -0.274. The van der Waals surface area contributed by atoms with Crippen molar-refractivity contribution in [3.8, 4) is 23.0 Å². The summed E-state index contributed by atoms with van der Waals surface area (Å²) in [6.45, 7) is 0.487. The first-order valence-electron chi connectivity index (χ1n) is 16.1. The van der Waals surface area contributed by atoms with E-state index < -0.39 is 88.1 Å². The number of aromatic nitrogens is 1. The third-order valence-corrected chi connectivity index (χ3v) is 9.63. The van der Waals surface area contributed by atoms with Crippen LogP contribution < -0.4 is 15.3 Å². The van der Waals surface area contributed by atoms with E-state index in [2.05, 4.69) is 15.6 Å². The van der Waals surface area contributed by atoms with Crippen molar-refractivity contribution < 1.29 is 62.9 Å². The molecule has 0 spiro atoms. The van der Waals surface area contributed by atoms with Gasteiger partial charge in [-0.2, -0.15) is 0 Å². The number of urea groups is 2. The number of carbonyl (C=O) groups excluding carboxylic acids is 4. The number of benzene rings is 2. The van der Waals surface area contributed by atoms with Crippen molar-refractivity contribution in [3.63, 3.8) is 0 Å². The van der Waals surface area contributed by atoms with Crippen molar-refractivity contribution in [2.45, 2.75) is 37.3 Å². The smallest absolute Gasteiger partial charge is 0.534 e. The molecule has 21 heteroatoms. The lowest BCUT2D eigenvalue weighted by Crippen LogP contribution is -2.56. The van der Waals surface area contributed by atoms with Crippen molar-refractivity contribution >= 4 is 48.6 Å². The Morgan fingerprint density at radius 1 is 1.00 bits per heavy atom. The Labute approximate surface area is 303 Å². The van der Waals surface area contributed by atoms with Crippen LogP contribution in [0.2, 0.25) is 5.02 Å². The molecule has 278 valence electrons. The molecular formula is C32H30BClF2N6O11. The first-order valence-corrected chi connectivity index (χ1v) is 16.5. The van der Waals surface area contributed by atoms with Gasteiger partial charge in [-0.1, -0.05) is 17.7 Å². The minimum absolute atomic E-state index is 0.0948. The zero-order chi connectivity index (χ0) is 38.3. The first kappa shape index (κ1) is 36.9. The molecule has 0 radical (unpaired) electrons. The van der Waals surface area contributed by atoms with Crippen LogP contribution >= 0.6 is 11.6 Å². The number of phenolic OH excluding ortho intramolecular Hbond substituents is 2. The number of amides is 6. The van der Waals surface area contributed by atoms with E-state index in [1.807, 2.05) is 0 Å². The van der Waals surface area contributed by atoms with Crippen LogP contribution in [0.3, 0.4) is 0 Å². The molecule has 2 saturated heterocycles. The minimum atomic E-state index is -1.96. The molecule has 17 nitrogen and oxygen atoms in total. The van der Waals surface area contributed by atoms with E-state index in [9.17, 15) is 58.2 Å². The van der Waals surface area contributed by atoms with Gasteiger partial charge in [0.25, 0.3) is 5.91 Å². The Morgan fingerprint density at radius 3 is 2.40 bits per heavy atom. The number of hydrogen-bond acceptors (Lipinski definition) is 11. The minimum Gasteiger partial charge on any atom is -0.534 e. The molecule has 2 aromatic carbocycles. The van der Waals surface area contributed by atoms with Crippen LogP contribution in [0.1, 0.15) is 50.7 Å². The molecule has 3 aliphatic heterocycles. The van der Waals surface area contributed by atoms with Crippen LogP contribution in [0.25, 0.3) is 0 Å². The molecule has 6 rings (SSSR count). The average Bonchev–Trinajstić information content (AvgIpc) is 3.52. The van der Waals surface area contributed by atoms with E-state index >= 15 is 0 Å². The third kappa shape index (κ3) is 7.14. The van der Waals surface area contributed by atoms with Gasteiger partial charge in [-0.25, -0.2) is 28.1 Å². The number of fused-ring (bicyclic) bond motifs is 1. The highest BCUT2D eigenvalue weighted by Crippen LogP contribution is 2.41. The van der Waals surface area contributed by atoms with Crippen molar-refractivity contribution in [2.75, 3.05) is 26.2 Å². The van der Waals surface area contributed by atoms with E-state index in [-0.39, 0.29) is 61.4 Å². The number of carboxylic acid groups (broad SMARTS) is 1. The maximum absolute atomic E-state index is 14.7. The molecule has 0 saturated carbocycles. The Bertz CT molecular complexity index is 2020. The zero-order valence-electron chi connectivity index (χ0n) is 27.3. The summed E-state index contributed by atoms with van der Waals surface area (Å²) in [7, 11) is -1.94. The number of likely N-dealkylation sites (tertiary alicyclic amines) is 1. The Morgan fingerprint density at radius 2 is 1.72 bits per heavy atom. The Balaban J connectivity index is 1.17. The lowest BCUT2D eigenvalue weighted by atomic mass is 9.72. The molecule has 0 bridgehead atoms. The quantitative estimate of drug-likeness (QED) is 0.135. The molecule has 6 amide bonds. The van der Waals surface area contributed by atoms with E-state index in [1.54, 1.807) is 4.90 Å². The predicted molar refractivity (Wildman–Crippen MR) is 177 cm³/mol. The summed E-state index contributed by atoms with van der Waals surface area (Å²) >= 11 is 6.18. The Hall–Kier alpha value is -5.89. The second kappa shape index (κ2) is 14.6. The van der Waals surface area contributed by atoms with Crippen LogP contribution in [-0.4, -0.2) is 120 Å². The van der Waals surface area contributed by atoms with Crippen molar-refractivity contribution in [3.05, 3.63) is 75.6 Å². The van der Waals surface area contributed by atoms with Gasteiger partial charge >= 0.3 is 25.1 Å². The number of aromatic carboxylic acids is 1. The van der Waals surface area contributed by atoms with Gasteiger partial charge in [-0.05, 0) is 43.0 Å². The summed E-state index contributed by atoms with van der Waals surface area (Å²) in [6.07, 6.45) is 2.95. The molecule has 3 aliphatic rings. The number of phenols is 2. The molecule has 7 N–H and O–H groups in total. The second-order valence-corrected chi connectivity index (χ2v) is 12.8. The molecule has 1 aromatic heterocycles. The van der Waals surface area contributed by atoms with Gasteiger partial charge in [-0.15, -0.1) is 0 Å². The highest BCUT2D eigenvalue weighted by atomic mass is 35.5. The van der Waals surface area contributed by atoms with Gasteiger partial charge in [-0.3, -0.25) is 14.6 Å². The fourth-order valence-corrected chi connectivity index (χ4v) is 6.79. The fraction of sp³-hybridized carbons (Fsp3) is 0.312. The first-order chi connectivity index (χ1) is 25.2. The normalized spacial score (nSPS) is 18.0. The maximum Gasteiger partial charge on any atom is 0.547 e. The van der Waals surface area contributed by atoms with Gasteiger partial charge in [0.15, 0.2) is 17.3 Å².